The third-order valence-electron chi connectivity index (χ3n) is 7.59. The first-order valence-electron chi connectivity index (χ1n) is 16.9. The summed E-state index contributed by atoms with van der Waals surface area (Å²) in [5.74, 6) is 1.07. The zero-order chi connectivity index (χ0) is 43.7. The first kappa shape index (κ1) is 53.0. The fraction of sp³-hybridized carbons (Fsp3) is 0.455. The number of nitrogens with one attached hydrogen (secondary N) is 2. The number of urea groups is 3. The van der Waals surface area contributed by atoms with E-state index in [1.54, 1.807) is 54.4 Å². The van der Waals surface area contributed by atoms with Gasteiger partial charge in [-0.1, -0.05) is 6.07 Å². The van der Waals surface area contributed by atoms with E-state index >= 15 is 0 Å². The Bertz CT molecular complexity index is 1730. The Morgan fingerprint density at radius 1 is 0.714 bits per heavy atom. The molecule has 3 aromatic heterocycles. The number of amides is 6. The number of aromatic nitrogens is 3. The number of rotatable bonds is 4. The monoisotopic (exact) mass is 954 g/mol. The fourth-order valence-electron chi connectivity index (χ4n) is 3.43. The average molecular weight is 956 g/mol. The van der Waals surface area contributed by atoms with E-state index in [1.165, 1.54) is 21.8 Å². The van der Waals surface area contributed by atoms with Gasteiger partial charge in [0, 0.05) is 99.0 Å². The van der Waals surface area contributed by atoms with Gasteiger partial charge in [-0.3, -0.25) is 10.6 Å². The molecule has 0 spiro atoms. The minimum Gasteiger partial charge on any atom is -0.399 e. The maximum absolute atomic E-state index is 11.7. The largest absolute Gasteiger partial charge is 0.496 e. The van der Waals surface area contributed by atoms with Crippen molar-refractivity contribution >= 4 is 127 Å². The summed E-state index contributed by atoms with van der Waals surface area (Å²) < 4.78 is 14.9. The van der Waals surface area contributed by atoms with Gasteiger partial charge in [-0.15, -0.1) is 0 Å². The standard InChI is InChI=1S/C15H24BN3O3.C9H12BrN3O.C6H5Br2N.C3H8N2O.B5/c1-10-11(16-21-14(2,3)15(4,5)22-16)8-9-12(17-10)18-13(20)19(6)7;1-6-7(10)4-5-8(11-6)12-9(14)13(2)3;1-4-5(7)2-3-6(8)9-4;1-5(2)3(4)6;1-4-5(2)3/h8-9H,1-7H3,(H,17,18,20);4-5H,1-3H3,(H,11,12,14);2-3H,1H3;1-2H3,(H2,4,6);. The van der Waals surface area contributed by atoms with Gasteiger partial charge < -0.3 is 29.7 Å². The molecule has 4 rings (SSSR count). The van der Waals surface area contributed by atoms with E-state index in [-0.39, 0.29) is 23.3 Å². The first-order valence-corrected chi connectivity index (χ1v) is 19.3. The van der Waals surface area contributed by atoms with Crippen LogP contribution < -0.4 is 21.8 Å². The zero-order valence-corrected chi connectivity index (χ0v) is 39.1. The Hall–Kier alpha value is -2.99. The van der Waals surface area contributed by atoms with E-state index in [4.69, 9.17) is 38.3 Å². The number of aryl methyl sites for hydroxylation is 3. The smallest absolute Gasteiger partial charge is 0.399 e. The normalized spacial score (nSPS) is 12.9. The van der Waals surface area contributed by atoms with Crippen LogP contribution in [0.4, 0.5) is 26.0 Å². The van der Waals surface area contributed by atoms with Gasteiger partial charge in [0.2, 0.25) is 0 Å². The second-order valence-electron chi connectivity index (χ2n) is 13.6. The van der Waals surface area contributed by atoms with Crippen molar-refractivity contribution in [1.29, 1.82) is 0 Å². The van der Waals surface area contributed by atoms with Gasteiger partial charge in [-0.05, 0) is 127 Å². The molecule has 1 aliphatic heterocycles. The third kappa shape index (κ3) is 19.4. The molecule has 0 atom stereocenters. The molecule has 0 bridgehead atoms. The van der Waals surface area contributed by atoms with Gasteiger partial charge in [-0.2, -0.15) is 0 Å². The molecule has 23 heteroatoms. The second-order valence-corrected chi connectivity index (χ2v) is 16.1. The highest BCUT2D eigenvalue weighted by Gasteiger charge is 2.52. The van der Waals surface area contributed by atoms with E-state index < -0.39 is 19.5 Å². The van der Waals surface area contributed by atoms with Crippen LogP contribution in [0.2, 0.25) is 0 Å². The van der Waals surface area contributed by atoms with Crippen molar-refractivity contribution in [3.63, 3.8) is 0 Å². The second kappa shape index (κ2) is 24.7. The molecule has 14 nitrogen and oxygen atoms in total. The van der Waals surface area contributed by atoms with E-state index in [1.807, 2.05) is 72.7 Å². The van der Waals surface area contributed by atoms with Crippen molar-refractivity contribution in [3.8, 4) is 0 Å². The van der Waals surface area contributed by atoms with Crippen LogP contribution in [0.15, 0.2) is 49.9 Å². The lowest BCUT2D eigenvalue weighted by Gasteiger charge is -2.32. The van der Waals surface area contributed by atoms with Crippen molar-refractivity contribution in [3.05, 3.63) is 67.0 Å². The summed E-state index contributed by atoms with van der Waals surface area (Å²) in [5, 5.41) is 5.39. The summed E-state index contributed by atoms with van der Waals surface area (Å²) in [6.07, 6.45) is -0.463. The molecule has 295 valence electrons. The highest BCUT2D eigenvalue weighted by molar-refractivity contribution is 9.11. The summed E-state index contributed by atoms with van der Waals surface area (Å²) in [5.41, 5.74) is 7.45. The molecule has 1 aliphatic rings. The molecule has 1 saturated heterocycles. The lowest BCUT2D eigenvalue weighted by Crippen LogP contribution is -2.41. The highest BCUT2D eigenvalue weighted by Crippen LogP contribution is 2.36. The first-order chi connectivity index (χ1) is 25.6. The molecule has 7 radical (unpaired) electrons. The molecular formula is C33H49B6Br3N9O5. The van der Waals surface area contributed by atoms with Crippen molar-refractivity contribution in [2.45, 2.75) is 59.7 Å². The van der Waals surface area contributed by atoms with Gasteiger partial charge in [0.15, 0.2) is 0 Å². The van der Waals surface area contributed by atoms with E-state index in [0.29, 0.717) is 11.6 Å². The average Bonchev–Trinajstić information content (AvgIpc) is 3.31. The molecule has 6 amide bonds. The van der Waals surface area contributed by atoms with Crippen molar-refractivity contribution in [1.82, 2.24) is 29.7 Å². The van der Waals surface area contributed by atoms with Crippen molar-refractivity contribution in [2.24, 2.45) is 5.73 Å². The summed E-state index contributed by atoms with van der Waals surface area (Å²) >= 11 is 9.95. The molecule has 4 N–H and O–H groups in total. The molecular weight excluding hydrogens is 907 g/mol. The van der Waals surface area contributed by atoms with Crippen LogP contribution in [-0.4, -0.2) is 145 Å². The molecule has 3 aromatic rings. The Labute approximate surface area is 363 Å². The number of carbonyl (C=O) groups excluding carboxylic acids is 3. The maximum Gasteiger partial charge on any atom is 0.496 e. The number of halogens is 3. The molecule has 4 heterocycles. The Kier molecular flexibility index (Phi) is 23.4. The zero-order valence-electron chi connectivity index (χ0n) is 34.4. The van der Waals surface area contributed by atoms with Gasteiger partial charge in [-0.25, -0.2) is 29.3 Å². The lowest BCUT2D eigenvalue weighted by molar-refractivity contribution is 0.00578. The van der Waals surface area contributed by atoms with Gasteiger partial charge in [0.05, 0.1) is 22.6 Å². The number of hydrogen-bond donors (Lipinski definition) is 3. The summed E-state index contributed by atoms with van der Waals surface area (Å²) in [4.78, 5) is 49.7. The van der Waals surface area contributed by atoms with Gasteiger partial charge in [0.25, 0.3) is 0 Å². The van der Waals surface area contributed by atoms with Gasteiger partial charge >= 0.3 is 25.2 Å². The van der Waals surface area contributed by atoms with E-state index in [2.05, 4.69) is 73.4 Å². The fourth-order valence-corrected chi connectivity index (χ4v) is 4.27. The predicted molar refractivity (Wildman–Crippen MR) is 243 cm³/mol. The van der Waals surface area contributed by atoms with Gasteiger partial charge in [0.1, 0.15) is 16.2 Å². The number of primary amides is 1. The summed E-state index contributed by atoms with van der Waals surface area (Å²) in [7, 11) is 25.3. The van der Waals surface area contributed by atoms with Crippen LogP contribution in [-0.2, 0) is 9.31 Å². The third-order valence-corrected chi connectivity index (χ3v) is 9.71. The van der Waals surface area contributed by atoms with E-state index in [0.717, 1.165) is 36.1 Å². The SMILES string of the molecule is CN(C)C(N)=O.Cc1nc(Br)ccc1Br.Cc1nc(NC(=O)N(C)C)ccc1B1OC(C)(C)C(C)(C)O1.Cc1nc(NC(=O)N(C)C)ccc1Br.[B][B]B([B])[B]. The summed E-state index contributed by atoms with van der Waals surface area (Å²) in [6, 6.07) is 10.3. The lowest BCUT2D eigenvalue weighted by atomic mass is 8.97. The summed E-state index contributed by atoms with van der Waals surface area (Å²) in [6.45, 7) is 13.8. The quantitative estimate of drug-likeness (QED) is 0.251. The van der Waals surface area contributed by atoms with Crippen LogP contribution in [0, 0.1) is 20.8 Å². The maximum atomic E-state index is 11.7. The number of pyridine rings is 3. The number of anilines is 2. The topological polar surface area (TPSA) is 168 Å². The van der Waals surface area contributed by atoms with Crippen LogP contribution in [0.5, 0.6) is 0 Å². The number of nitrogens with zero attached hydrogens (tertiary/aromatic N) is 6. The molecule has 56 heavy (non-hydrogen) atoms. The van der Waals surface area contributed by atoms with Crippen LogP contribution in [0.1, 0.15) is 44.8 Å². The molecule has 0 aromatic carbocycles. The van der Waals surface area contributed by atoms with Crippen LogP contribution in [0.3, 0.4) is 0 Å². The molecule has 0 saturated carbocycles. The molecule has 0 unspecified atom stereocenters. The predicted octanol–water partition coefficient (Wildman–Crippen LogP) is 4.67. The Morgan fingerprint density at radius 2 is 1.07 bits per heavy atom. The van der Waals surface area contributed by atoms with Crippen LogP contribution in [0.25, 0.3) is 0 Å². The van der Waals surface area contributed by atoms with Crippen molar-refractivity contribution in [2.75, 3.05) is 52.9 Å². The Balaban J connectivity index is 0.000000759. The van der Waals surface area contributed by atoms with E-state index in [9.17, 15) is 14.4 Å². The van der Waals surface area contributed by atoms with Crippen molar-refractivity contribution < 1.29 is 23.7 Å². The minimum atomic E-state index is -0.463. The molecule has 0 aliphatic carbocycles. The highest BCUT2D eigenvalue weighted by atomic mass is 79.9. The minimum absolute atomic E-state index is 0.181. The number of hydrogen-bond acceptors (Lipinski definition) is 8. The number of nitrogens with two attached hydrogens (primary N) is 1. The Morgan fingerprint density at radius 3 is 1.38 bits per heavy atom. The van der Waals surface area contributed by atoms with Crippen LogP contribution >= 0.6 is 47.8 Å². The number of carbonyl (C=O) groups is 3. The molecule has 1 fully saturated rings.